The van der Waals surface area contributed by atoms with Gasteiger partial charge in [-0.25, -0.2) is 0 Å². The van der Waals surface area contributed by atoms with Crippen LogP contribution in [0.5, 0.6) is 5.75 Å². The van der Waals surface area contributed by atoms with Gasteiger partial charge in [-0.1, -0.05) is 13.8 Å². The maximum Gasteiger partial charge on any atom is 0.227 e. The largest absolute Gasteiger partial charge is 0.496 e. The molecule has 3 heterocycles. The van der Waals surface area contributed by atoms with Crippen LogP contribution < -0.4 is 4.74 Å². The Morgan fingerprint density at radius 3 is 2.82 bits per heavy atom. The number of amides is 1. The third-order valence-corrected chi connectivity index (χ3v) is 5.63. The Kier molecular flexibility index (Phi) is 4.61. The zero-order valence-electron chi connectivity index (χ0n) is 17.0. The predicted molar refractivity (Wildman–Crippen MR) is 105 cm³/mol. The average Bonchev–Trinajstić information content (AvgIpc) is 3.27. The van der Waals surface area contributed by atoms with Crippen molar-refractivity contribution in [1.29, 1.82) is 0 Å². The van der Waals surface area contributed by atoms with E-state index in [-0.39, 0.29) is 11.9 Å². The molecular weight excluding hydrogens is 356 g/mol. The molecule has 3 aromatic rings. The molecule has 1 atom stereocenters. The van der Waals surface area contributed by atoms with E-state index in [1.54, 1.807) is 13.4 Å². The molecular formula is C21H26N4O3. The minimum atomic E-state index is -0.0961. The predicted octanol–water partition coefficient (Wildman–Crippen LogP) is 3.61. The molecule has 0 bridgehead atoms. The number of nitrogens with zero attached hydrogens (tertiary/aromatic N) is 4. The highest BCUT2D eigenvalue weighted by molar-refractivity contribution is 5.90. The van der Waals surface area contributed by atoms with Crippen molar-refractivity contribution >= 4 is 16.9 Å². The molecule has 28 heavy (non-hydrogen) atoms. The molecule has 0 saturated carbocycles. The van der Waals surface area contributed by atoms with E-state index in [1.165, 1.54) is 0 Å². The van der Waals surface area contributed by atoms with Gasteiger partial charge in [-0.05, 0) is 26.0 Å². The number of ether oxygens (including phenoxy) is 1. The molecule has 7 nitrogen and oxygen atoms in total. The molecule has 2 aromatic heterocycles. The summed E-state index contributed by atoms with van der Waals surface area (Å²) in [5, 5.41) is 9.65. The molecule has 1 aliphatic heterocycles. The number of hydrogen-bond donors (Lipinski definition) is 0. The van der Waals surface area contributed by atoms with Crippen molar-refractivity contribution in [3.8, 4) is 5.75 Å². The van der Waals surface area contributed by atoms with E-state index < -0.39 is 0 Å². The fourth-order valence-electron chi connectivity index (χ4n) is 4.07. The van der Waals surface area contributed by atoms with Gasteiger partial charge in [-0.15, -0.1) is 10.2 Å². The van der Waals surface area contributed by atoms with Crippen LogP contribution in [0.1, 0.15) is 55.5 Å². The molecule has 0 N–H and O–H groups in total. The number of carbonyl (C=O) groups excluding carboxylic acids is 1. The smallest absolute Gasteiger partial charge is 0.227 e. The Labute approximate surface area is 164 Å². The summed E-state index contributed by atoms with van der Waals surface area (Å²) in [7, 11) is 1.64. The monoisotopic (exact) mass is 382 g/mol. The summed E-state index contributed by atoms with van der Waals surface area (Å²) in [5.74, 6) is 3.02. The van der Waals surface area contributed by atoms with E-state index in [9.17, 15) is 4.79 Å². The summed E-state index contributed by atoms with van der Waals surface area (Å²) < 4.78 is 13.3. The minimum absolute atomic E-state index is 0.0732. The van der Waals surface area contributed by atoms with Crippen LogP contribution in [0, 0.1) is 6.92 Å². The second kappa shape index (κ2) is 6.96. The van der Waals surface area contributed by atoms with E-state index in [0.717, 1.165) is 46.0 Å². The summed E-state index contributed by atoms with van der Waals surface area (Å²) in [6, 6.07) is 3.78. The Morgan fingerprint density at radius 2 is 2.11 bits per heavy atom. The molecule has 1 aromatic carbocycles. The summed E-state index contributed by atoms with van der Waals surface area (Å²) in [6.45, 7) is 9.59. The molecule has 148 valence electrons. The fourth-order valence-corrected chi connectivity index (χ4v) is 4.07. The summed E-state index contributed by atoms with van der Waals surface area (Å²) in [4.78, 5) is 15.0. The Bertz CT molecular complexity index is 1030. The summed E-state index contributed by atoms with van der Waals surface area (Å²) in [6.07, 6.45) is 1.98. The molecule has 1 amide bonds. The molecule has 1 unspecified atom stereocenters. The molecule has 4 rings (SSSR count). The number of benzene rings is 1. The third kappa shape index (κ3) is 2.85. The van der Waals surface area contributed by atoms with Crippen molar-refractivity contribution in [3.63, 3.8) is 0 Å². The molecule has 0 aliphatic carbocycles. The topological polar surface area (TPSA) is 73.4 Å². The Balaban J connectivity index is 1.57. The highest BCUT2D eigenvalue weighted by atomic mass is 16.5. The van der Waals surface area contributed by atoms with E-state index in [2.05, 4.69) is 28.6 Å². The first-order valence-electron chi connectivity index (χ1n) is 9.68. The van der Waals surface area contributed by atoms with Gasteiger partial charge in [-0.2, -0.15) is 0 Å². The maximum atomic E-state index is 13.1. The van der Waals surface area contributed by atoms with Crippen LogP contribution in [0.2, 0.25) is 0 Å². The van der Waals surface area contributed by atoms with Gasteiger partial charge in [0, 0.05) is 35.5 Å². The van der Waals surface area contributed by atoms with Gasteiger partial charge in [0.15, 0.2) is 5.82 Å². The van der Waals surface area contributed by atoms with Crippen LogP contribution in [-0.2, 0) is 17.8 Å². The third-order valence-electron chi connectivity index (χ3n) is 5.63. The highest BCUT2D eigenvalue weighted by Gasteiger charge is 2.32. The SMILES string of the molecule is COc1ccc2c(CC(=O)N3CCn4c(C(C)C)nnc4C3C)coc2c1C. The number of aromatic nitrogens is 3. The zero-order chi connectivity index (χ0) is 20.0. The van der Waals surface area contributed by atoms with Gasteiger partial charge in [0.2, 0.25) is 5.91 Å². The highest BCUT2D eigenvalue weighted by Crippen LogP contribution is 2.32. The van der Waals surface area contributed by atoms with Gasteiger partial charge < -0.3 is 18.6 Å². The van der Waals surface area contributed by atoms with Crippen LogP contribution in [-0.4, -0.2) is 39.2 Å². The molecule has 1 aliphatic rings. The molecule has 0 saturated heterocycles. The Hall–Kier alpha value is -2.83. The van der Waals surface area contributed by atoms with E-state index >= 15 is 0 Å². The summed E-state index contributed by atoms with van der Waals surface area (Å²) >= 11 is 0. The van der Waals surface area contributed by atoms with Gasteiger partial charge in [0.25, 0.3) is 0 Å². The number of hydrogen-bond acceptors (Lipinski definition) is 5. The van der Waals surface area contributed by atoms with Crippen LogP contribution >= 0.6 is 0 Å². The van der Waals surface area contributed by atoms with Crippen LogP contribution in [0.3, 0.4) is 0 Å². The van der Waals surface area contributed by atoms with Crippen LogP contribution in [0.4, 0.5) is 0 Å². The first-order chi connectivity index (χ1) is 13.4. The molecule has 7 heteroatoms. The van der Waals surface area contributed by atoms with Crippen molar-refractivity contribution in [2.24, 2.45) is 0 Å². The Morgan fingerprint density at radius 1 is 1.32 bits per heavy atom. The van der Waals surface area contributed by atoms with Crippen molar-refractivity contribution < 1.29 is 13.9 Å². The number of carbonyl (C=O) groups is 1. The van der Waals surface area contributed by atoms with Gasteiger partial charge >= 0.3 is 0 Å². The lowest BCUT2D eigenvalue weighted by Crippen LogP contribution is -2.42. The average molecular weight is 382 g/mol. The van der Waals surface area contributed by atoms with Gasteiger partial charge in [0.1, 0.15) is 17.2 Å². The van der Waals surface area contributed by atoms with Crippen LogP contribution in [0.25, 0.3) is 11.0 Å². The minimum Gasteiger partial charge on any atom is -0.496 e. The number of aryl methyl sites for hydroxylation is 1. The van der Waals surface area contributed by atoms with Crippen molar-refractivity contribution in [1.82, 2.24) is 19.7 Å². The second-order valence-corrected chi connectivity index (χ2v) is 7.69. The zero-order valence-corrected chi connectivity index (χ0v) is 17.0. The van der Waals surface area contributed by atoms with Gasteiger partial charge in [0.05, 0.1) is 25.8 Å². The second-order valence-electron chi connectivity index (χ2n) is 7.69. The lowest BCUT2D eigenvalue weighted by atomic mass is 10.1. The lowest BCUT2D eigenvalue weighted by Gasteiger charge is -2.34. The normalized spacial score (nSPS) is 16.6. The first kappa shape index (κ1) is 18.5. The lowest BCUT2D eigenvalue weighted by molar-refractivity contribution is -0.133. The van der Waals surface area contributed by atoms with E-state index in [0.29, 0.717) is 18.9 Å². The van der Waals surface area contributed by atoms with Gasteiger partial charge in [-0.3, -0.25) is 4.79 Å². The maximum absolute atomic E-state index is 13.1. The van der Waals surface area contributed by atoms with Crippen molar-refractivity contribution in [3.05, 3.63) is 41.2 Å². The number of fused-ring (bicyclic) bond motifs is 2. The summed E-state index contributed by atoms with van der Waals surface area (Å²) in [5.41, 5.74) is 2.61. The number of furan rings is 1. The first-order valence-corrected chi connectivity index (χ1v) is 9.68. The van der Waals surface area contributed by atoms with E-state index in [1.807, 2.05) is 30.9 Å². The molecule has 0 fully saturated rings. The van der Waals surface area contributed by atoms with Crippen molar-refractivity contribution in [2.45, 2.75) is 52.6 Å². The standard InChI is InChI=1S/C21H26N4O3/c1-12(2)20-22-23-21-14(4)24(8-9-25(20)21)18(26)10-15-11-28-19-13(3)17(27-5)7-6-16(15)19/h6-7,11-12,14H,8-10H2,1-5H3. The van der Waals surface area contributed by atoms with Crippen molar-refractivity contribution in [2.75, 3.05) is 13.7 Å². The van der Waals surface area contributed by atoms with Crippen LogP contribution in [0.15, 0.2) is 22.8 Å². The molecule has 0 spiro atoms. The fraction of sp³-hybridized carbons (Fsp3) is 0.476. The number of methoxy groups -OCH3 is 1. The van der Waals surface area contributed by atoms with E-state index in [4.69, 9.17) is 9.15 Å². The number of rotatable bonds is 4. The molecule has 0 radical (unpaired) electrons. The quantitative estimate of drug-likeness (QED) is 0.689.